The van der Waals surface area contributed by atoms with Gasteiger partial charge in [-0.3, -0.25) is 0 Å². The summed E-state index contributed by atoms with van der Waals surface area (Å²) >= 11 is 0. The number of allylic oxidation sites excluding steroid dienone is 1. The van der Waals surface area contributed by atoms with E-state index < -0.39 is 0 Å². The summed E-state index contributed by atoms with van der Waals surface area (Å²) in [6.45, 7) is 0. The number of hydrogen-bond donors (Lipinski definition) is 1. The maximum absolute atomic E-state index is 3.85. The van der Waals surface area contributed by atoms with Gasteiger partial charge in [0, 0.05) is 12.1 Å². The molecule has 2 saturated carbocycles. The summed E-state index contributed by atoms with van der Waals surface area (Å²) < 4.78 is 0. The molecular formula is C13H21N. The van der Waals surface area contributed by atoms with Crippen LogP contribution >= 0.6 is 0 Å². The molecule has 0 bridgehead atoms. The summed E-state index contributed by atoms with van der Waals surface area (Å²) in [6.07, 6.45) is 14.8. The molecule has 0 aromatic carbocycles. The Morgan fingerprint density at radius 1 is 0.929 bits per heavy atom. The van der Waals surface area contributed by atoms with E-state index in [1.807, 2.05) is 0 Å². The van der Waals surface area contributed by atoms with Crippen LogP contribution in [0.1, 0.15) is 44.9 Å². The number of fused-ring (bicyclic) bond motifs is 1. The van der Waals surface area contributed by atoms with Crippen molar-refractivity contribution in [1.82, 2.24) is 5.32 Å². The van der Waals surface area contributed by atoms with Gasteiger partial charge >= 0.3 is 0 Å². The minimum Gasteiger partial charge on any atom is -0.307 e. The molecule has 14 heavy (non-hydrogen) atoms. The van der Waals surface area contributed by atoms with Crippen LogP contribution in [0.4, 0.5) is 0 Å². The molecule has 3 aliphatic carbocycles. The smallest absolute Gasteiger partial charge is 0.0252 e. The van der Waals surface area contributed by atoms with Crippen molar-refractivity contribution in [3.63, 3.8) is 0 Å². The highest BCUT2D eigenvalue weighted by Crippen LogP contribution is 2.50. The van der Waals surface area contributed by atoms with E-state index in [1.54, 1.807) is 0 Å². The van der Waals surface area contributed by atoms with E-state index in [4.69, 9.17) is 0 Å². The topological polar surface area (TPSA) is 12.0 Å². The van der Waals surface area contributed by atoms with Gasteiger partial charge in [-0.2, -0.15) is 0 Å². The molecule has 0 saturated heterocycles. The van der Waals surface area contributed by atoms with Crippen LogP contribution in [0.2, 0.25) is 0 Å². The van der Waals surface area contributed by atoms with Gasteiger partial charge in [0.25, 0.3) is 0 Å². The lowest BCUT2D eigenvalue weighted by Gasteiger charge is -2.18. The first-order valence-electron chi connectivity index (χ1n) is 6.38. The molecule has 3 rings (SSSR count). The zero-order valence-electron chi connectivity index (χ0n) is 8.91. The average molecular weight is 191 g/mol. The number of nitrogens with one attached hydrogen (secondary N) is 1. The lowest BCUT2D eigenvalue weighted by atomic mass is 10.0. The van der Waals surface area contributed by atoms with Crippen molar-refractivity contribution in [2.45, 2.75) is 57.0 Å². The summed E-state index contributed by atoms with van der Waals surface area (Å²) in [5.41, 5.74) is 0. The molecule has 1 N–H and O–H groups in total. The molecule has 0 aliphatic heterocycles. The predicted molar refractivity (Wildman–Crippen MR) is 59.2 cm³/mol. The molecule has 1 heteroatoms. The van der Waals surface area contributed by atoms with E-state index in [0.717, 1.165) is 17.9 Å². The van der Waals surface area contributed by atoms with Crippen LogP contribution in [-0.4, -0.2) is 12.1 Å². The Bertz CT molecular complexity index is 221. The van der Waals surface area contributed by atoms with Gasteiger partial charge < -0.3 is 5.32 Å². The molecule has 0 heterocycles. The van der Waals surface area contributed by atoms with Crippen molar-refractivity contribution >= 4 is 0 Å². The molecule has 78 valence electrons. The molecule has 0 aromatic heterocycles. The minimum absolute atomic E-state index is 0.708. The Balaban J connectivity index is 1.53. The average Bonchev–Trinajstić information content (AvgIpc) is 2.94. The molecule has 3 aliphatic rings. The molecular weight excluding hydrogens is 170 g/mol. The van der Waals surface area contributed by atoms with Gasteiger partial charge in [-0.1, -0.05) is 25.0 Å². The van der Waals surface area contributed by atoms with Gasteiger partial charge in [0.15, 0.2) is 0 Å². The maximum Gasteiger partial charge on any atom is 0.0252 e. The van der Waals surface area contributed by atoms with E-state index in [0.29, 0.717) is 6.04 Å². The van der Waals surface area contributed by atoms with Crippen molar-refractivity contribution in [3.8, 4) is 0 Å². The second-order valence-electron chi connectivity index (χ2n) is 5.27. The molecule has 3 atom stereocenters. The highest BCUT2D eigenvalue weighted by molar-refractivity contribution is 5.09. The molecule has 0 spiro atoms. The monoisotopic (exact) mass is 191 g/mol. The van der Waals surface area contributed by atoms with E-state index >= 15 is 0 Å². The Morgan fingerprint density at radius 2 is 1.71 bits per heavy atom. The van der Waals surface area contributed by atoms with E-state index in [-0.39, 0.29) is 0 Å². The fourth-order valence-electron chi connectivity index (χ4n) is 3.44. The Hall–Kier alpha value is -0.300. The Morgan fingerprint density at radius 3 is 2.36 bits per heavy atom. The summed E-state index contributed by atoms with van der Waals surface area (Å²) in [4.78, 5) is 0. The van der Waals surface area contributed by atoms with E-state index in [2.05, 4.69) is 17.5 Å². The van der Waals surface area contributed by atoms with Crippen LogP contribution in [-0.2, 0) is 0 Å². The molecule has 2 fully saturated rings. The quantitative estimate of drug-likeness (QED) is 0.662. The molecule has 0 radical (unpaired) electrons. The van der Waals surface area contributed by atoms with Crippen molar-refractivity contribution in [1.29, 1.82) is 0 Å². The van der Waals surface area contributed by atoms with Gasteiger partial charge in [0.1, 0.15) is 0 Å². The third kappa shape index (κ3) is 1.63. The largest absolute Gasteiger partial charge is 0.307 e. The highest BCUT2D eigenvalue weighted by atomic mass is 15.0. The summed E-state index contributed by atoms with van der Waals surface area (Å²) in [5.74, 6) is 2.11. The fraction of sp³-hybridized carbons (Fsp3) is 0.846. The van der Waals surface area contributed by atoms with E-state index in [1.165, 1.54) is 44.9 Å². The second-order valence-corrected chi connectivity index (χ2v) is 5.27. The predicted octanol–water partition coefficient (Wildman–Crippen LogP) is 2.87. The summed E-state index contributed by atoms with van der Waals surface area (Å²) in [6, 6.07) is 1.60. The summed E-state index contributed by atoms with van der Waals surface area (Å²) in [5, 5.41) is 3.85. The van der Waals surface area contributed by atoms with Crippen molar-refractivity contribution < 1.29 is 0 Å². The maximum atomic E-state index is 3.85. The standard InChI is InChI=1S/C13H21N/c1-2-6-10(7-3-1)14-13-11-8-4-5-9-12(11)13/h2,6,10-14H,1,3-5,7-9H2. The lowest BCUT2D eigenvalue weighted by molar-refractivity contribution is 0.480. The zero-order valence-corrected chi connectivity index (χ0v) is 8.91. The van der Waals surface area contributed by atoms with Crippen molar-refractivity contribution in [2.24, 2.45) is 11.8 Å². The van der Waals surface area contributed by atoms with Crippen LogP contribution in [0.15, 0.2) is 12.2 Å². The Kier molecular flexibility index (Phi) is 2.36. The van der Waals surface area contributed by atoms with Crippen LogP contribution in [0.5, 0.6) is 0 Å². The normalized spacial score (nSPS) is 46.0. The molecule has 0 aromatic rings. The van der Waals surface area contributed by atoms with Crippen molar-refractivity contribution in [2.75, 3.05) is 0 Å². The first kappa shape index (κ1) is 8.96. The molecule has 1 nitrogen and oxygen atoms in total. The van der Waals surface area contributed by atoms with Crippen molar-refractivity contribution in [3.05, 3.63) is 12.2 Å². The van der Waals surface area contributed by atoms with Gasteiger partial charge in [-0.25, -0.2) is 0 Å². The first-order chi connectivity index (χ1) is 6.95. The van der Waals surface area contributed by atoms with Crippen LogP contribution < -0.4 is 5.32 Å². The van der Waals surface area contributed by atoms with Gasteiger partial charge in [0.05, 0.1) is 0 Å². The molecule has 3 unspecified atom stereocenters. The lowest BCUT2D eigenvalue weighted by Crippen LogP contribution is -2.31. The number of hydrogen-bond acceptors (Lipinski definition) is 1. The molecule has 0 amide bonds. The van der Waals surface area contributed by atoms with Gasteiger partial charge in [-0.15, -0.1) is 0 Å². The highest BCUT2D eigenvalue weighted by Gasteiger charge is 2.50. The van der Waals surface area contributed by atoms with Crippen LogP contribution in [0.25, 0.3) is 0 Å². The minimum atomic E-state index is 0.708. The second kappa shape index (κ2) is 3.69. The first-order valence-corrected chi connectivity index (χ1v) is 6.38. The fourth-order valence-corrected chi connectivity index (χ4v) is 3.44. The van der Waals surface area contributed by atoms with Crippen LogP contribution in [0, 0.1) is 11.8 Å². The zero-order chi connectivity index (χ0) is 9.38. The third-order valence-electron chi connectivity index (χ3n) is 4.32. The van der Waals surface area contributed by atoms with E-state index in [9.17, 15) is 0 Å². The number of rotatable bonds is 2. The van der Waals surface area contributed by atoms with Crippen LogP contribution in [0.3, 0.4) is 0 Å². The van der Waals surface area contributed by atoms with Gasteiger partial charge in [0.2, 0.25) is 0 Å². The van der Waals surface area contributed by atoms with Gasteiger partial charge in [-0.05, 0) is 43.9 Å². The third-order valence-corrected chi connectivity index (χ3v) is 4.32. The SMILES string of the molecule is C1=CC(NC2C3CCCCC32)CCC1. The Labute approximate surface area is 87.0 Å². The summed E-state index contributed by atoms with van der Waals surface area (Å²) in [7, 11) is 0.